The third kappa shape index (κ3) is 14.3. The summed E-state index contributed by atoms with van der Waals surface area (Å²) in [6.07, 6.45) is 2.04. The number of likely N-dealkylation sites (tertiary alicyclic amines) is 1. The Morgan fingerprint density at radius 1 is 0.837 bits per heavy atom. The van der Waals surface area contributed by atoms with Gasteiger partial charge in [0.1, 0.15) is 23.2 Å². The normalized spacial score (nSPS) is 15.9. The van der Waals surface area contributed by atoms with Gasteiger partial charge in [-0.1, -0.05) is 24.3 Å². The molecule has 0 saturated carbocycles. The fourth-order valence-corrected chi connectivity index (χ4v) is 5.01. The van der Waals surface area contributed by atoms with Gasteiger partial charge in [-0.15, -0.1) is 0 Å². The number of nitrogens with one attached hydrogen (secondary N) is 2. The zero-order chi connectivity index (χ0) is 35.1. The quantitative estimate of drug-likeness (QED) is 0.0725. The van der Waals surface area contributed by atoms with Gasteiger partial charge >= 0.3 is 0 Å². The van der Waals surface area contributed by atoms with Crippen molar-refractivity contribution in [2.45, 2.75) is 5.92 Å². The molecule has 3 amide bonds. The highest BCUT2D eigenvalue weighted by Crippen LogP contribution is 2.34. The summed E-state index contributed by atoms with van der Waals surface area (Å²) in [6.45, 7) is 5.14. The Balaban J connectivity index is 1.36. The number of halogens is 1. The Morgan fingerprint density at radius 2 is 1.39 bits per heavy atom. The highest BCUT2D eigenvalue weighted by Gasteiger charge is 2.41. The van der Waals surface area contributed by atoms with E-state index in [0.717, 1.165) is 5.56 Å². The van der Waals surface area contributed by atoms with Crippen LogP contribution in [0.2, 0.25) is 0 Å². The number of benzene rings is 2. The summed E-state index contributed by atoms with van der Waals surface area (Å²) in [4.78, 5) is 38.4. The Labute approximate surface area is 286 Å². The number of nitriles is 1. The van der Waals surface area contributed by atoms with E-state index in [1.54, 1.807) is 19.2 Å². The van der Waals surface area contributed by atoms with Crippen LogP contribution in [0.5, 0.6) is 5.75 Å². The molecule has 266 valence electrons. The molecular formula is C35H45FN4O9. The Bertz CT molecular complexity index is 1350. The molecule has 1 saturated heterocycles. The maximum atomic E-state index is 13.4. The van der Waals surface area contributed by atoms with Crippen LogP contribution in [0.1, 0.15) is 17.0 Å². The Kier molecular flexibility index (Phi) is 18.4. The number of nitrogens with zero attached hydrogens (tertiary/aromatic N) is 2. The molecule has 3 rings (SSSR count). The van der Waals surface area contributed by atoms with Gasteiger partial charge in [-0.3, -0.25) is 14.4 Å². The summed E-state index contributed by atoms with van der Waals surface area (Å²) in [5.41, 5.74) is 1.29. The molecule has 2 aromatic carbocycles. The minimum Gasteiger partial charge on any atom is -0.497 e. The van der Waals surface area contributed by atoms with Gasteiger partial charge in [-0.2, -0.15) is 5.26 Å². The first kappa shape index (κ1) is 39.1. The van der Waals surface area contributed by atoms with Crippen LogP contribution in [0, 0.1) is 23.1 Å². The van der Waals surface area contributed by atoms with Crippen molar-refractivity contribution in [2.75, 3.05) is 99.4 Å². The second-order valence-electron chi connectivity index (χ2n) is 10.8. The molecule has 49 heavy (non-hydrogen) atoms. The van der Waals surface area contributed by atoms with E-state index in [0.29, 0.717) is 83.7 Å². The lowest BCUT2D eigenvalue weighted by Crippen LogP contribution is -2.37. The predicted molar refractivity (Wildman–Crippen MR) is 177 cm³/mol. The first-order valence-corrected chi connectivity index (χ1v) is 16.1. The number of hydrogen-bond donors (Lipinski definition) is 2. The van der Waals surface area contributed by atoms with Gasteiger partial charge in [0.25, 0.3) is 5.91 Å². The molecule has 0 aliphatic carbocycles. The van der Waals surface area contributed by atoms with Crippen LogP contribution in [0.3, 0.4) is 0 Å². The summed E-state index contributed by atoms with van der Waals surface area (Å²) in [6, 6.07) is 14.8. The molecule has 2 N–H and O–H groups in total. The van der Waals surface area contributed by atoms with Gasteiger partial charge in [0.2, 0.25) is 12.3 Å². The predicted octanol–water partition coefficient (Wildman–Crippen LogP) is 1.93. The molecule has 1 fully saturated rings. The zero-order valence-electron chi connectivity index (χ0n) is 27.8. The summed E-state index contributed by atoms with van der Waals surface area (Å²) < 4.78 is 45.8. The number of methoxy groups -OCH3 is 1. The van der Waals surface area contributed by atoms with Crippen molar-refractivity contribution in [3.63, 3.8) is 0 Å². The second-order valence-corrected chi connectivity index (χ2v) is 10.8. The van der Waals surface area contributed by atoms with Gasteiger partial charge in [0, 0.05) is 32.1 Å². The molecule has 14 heteroatoms. The molecule has 0 unspecified atom stereocenters. The van der Waals surface area contributed by atoms with E-state index in [-0.39, 0.29) is 43.6 Å². The largest absolute Gasteiger partial charge is 0.497 e. The van der Waals surface area contributed by atoms with Gasteiger partial charge in [-0.25, -0.2) is 4.39 Å². The number of amides is 3. The molecule has 2 atom stereocenters. The standard InChI is InChI=1S/C35H45FN4O9/c1-44-31-8-4-28(5-9-31)32-24-40(35(43)29(23-37)22-27-2-6-30(36)7-3-27)25-33(32)34(42)39-11-13-46-15-17-48-19-21-49-20-18-47-16-14-45-12-10-38-26-41/h2-9,22,26,32-33H,10-21,24-25H2,1H3,(H,38,41)(H,39,42)/b29-22+/t32-,33+/m0/s1. The van der Waals surface area contributed by atoms with Crippen LogP contribution >= 0.6 is 0 Å². The fourth-order valence-electron chi connectivity index (χ4n) is 5.01. The summed E-state index contributed by atoms with van der Waals surface area (Å²) in [5.74, 6) is -1.33. The minimum absolute atomic E-state index is 0.100. The number of hydrogen-bond acceptors (Lipinski definition) is 10. The highest BCUT2D eigenvalue weighted by molar-refractivity contribution is 6.02. The minimum atomic E-state index is -0.554. The number of rotatable bonds is 24. The van der Waals surface area contributed by atoms with Crippen LogP contribution in [0.25, 0.3) is 6.08 Å². The van der Waals surface area contributed by atoms with Crippen molar-refractivity contribution in [1.29, 1.82) is 5.26 Å². The number of ether oxygens (including phenoxy) is 6. The fraction of sp³-hybridized carbons (Fsp3) is 0.486. The van der Waals surface area contributed by atoms with Crippen molar-refractivity contribution < 1.29 is 47.2 Å². The molecular weight excluding hydrogens is 639 g/mol. The number of carbonyl (C=O) groups is 3. The lowest BCUT2D eigenvalue weighted by Gasteiger charge is -2.18. The van der Waals surface area contributed by atoms with Crippen molar-refractivity contribution >= 4 is 24.3 Å². The highest BCUT2D eigenvalue weighted by atomic mass is 19.1. The van der Waals surface area contributed by atoms with E-state index in [1.165, 1.54) is 35.2 Å². The molecule has 1 heterocycles. The SMILES string of the molecule is COc1ccc([C@@H]2CN(C(=O)/C(C#N)=C/c3ccc(F)cc3)C[C@H]2C(=O)NCCOCCOCCOCCOCCOCCNC=O)cc1. The molecule has 1 aliphatic rings. The van der Waals surface area contributed by atoms with Gasteiger partial charge in [0.05, 0.1) is 79.1 Å². The van der Waals surface area contributed by atoms with E-state index in [1.807, 2.05) is 18.2 Å². The van der Waals surface area contributed by atoms with Crippen LogP contribution in [0.4, 0.5) is 4.39 Å². The first-order chi connectivity index (χ1) is 24.0. The molecule has 13 nitrogen and oxygen atoms in total. The van der Waals surface area contributed by atoms with Gasteiger partial charge in [-0.05, 0) is 41.5 Å². The lowest BCUT2D eigenvalue weighted by molar-refractivity contribution is -0.127. The third-order valence-electron chi connectivity index (χ3n) is 7.53. The van der Waals surface area contributed by atoms with Crippen molar-refractivity contribution in [2.24, 2.45) is 5.92 Å². The molecule has 0 spiro atoms. The maximum absolute atomic E-state index is 13.4. The van der Waals surface area contributed by atoms with E-state index in [9.17, 15) is 24.0 Å². The summed E-state index contributed by atoms with van der Waals surface area (Å²) in [7, 11) is 1.57. The lowest BCUT2D eigenvalue weighted by atomic mass is 9.88. The molecule has 0 bridgehead atoms. The van der Waals surface area contributed by atoms with Crippen molar-refractivity contribution in [3.8, 4) is 11.8 Å². The van der Waals surface area contributed by atoms with Crippen molar-refractivity contribution in [1.82, 2.24) is 15.5 Å². The van der Waals surface area contributed by atoms with Crippen LogP contribution in [0.15, 0.2) is 54.1 Å². The average Bonchev–Trinajstić information content (AvgIpc) is 3.58. The van der Waals surface area contributed by atoms with E-state index in [2.05, 4.69) is 10.6 Å². The van der Waals surface area contributed by atoms with Crippen LogP contribution < -0.4 is 15.4 Å². The Hall–Kier alpha value is -4.39. The van der Waals surface area contributed by atoms with E-state index in [4.69, 9.17) is 28.4 Å². The molecule has 2 aromatic rings. The van der Waals surface area contributed by atoms with Crippen LogP contribution in [-0.2, 0) is 38.1 Å². The average molecular weight is 685 g/mol. The van der Waals surface area contributed by atoms with Crippen molar-refractivity contribution in [3.05, 3.63) is 71.0 Å². The zero-order valence-corrected chi connectivity index (χ0v) is 27.8. The van der Waals surface area contributed by atoms with Gasteiger partial charge in [0.15, 0.2) is 0 Å². The molecule has 0 radical (unpaired) electrons. The monoisotopic (exact) mass is 684 g/mol. The first-order valence-electron chi connectivity index (χ1n) is 16.1. The molecule has 1 aliphatic heterocycles. The molecule has 0 aromatic heterocycles. The van der Waals surface area contributed by atoms with E-state index < -0.39 is 17.6 Å². The number of carbonyl (C=O) groups excluding carboxylic acids is 3. The van der Waals surface area contributed by atoms with Crippen LogP contribution in [-0.4, -0.2) is 122 Å². The topological polar surface area (TPSA) is 158 Å². The Morgan fingerprint density at radius 3 is 1.92 bits per heavy atom. The summed E-state index contributed by atoms with van der Waals surface area (Å²) in [5, 5.41) is 15.2. The summed E-state index contributed by atoms with van der Waals surface area (Å²) >= 11 is 0. The van der Waals surface area contributed by atoms with Gasteiger partial charge < -0.3 is 44.0 Å². The smallest absolute Gasteiger partial charge is 0.264 e. The third-order valence-corrected chi connectivity index (χ3v) is 7.53. The van der Waals surface area contributed by atoms with E-state index >= 15 is 0 Å². The second kappa shape index (κ2) is 23.0. The maximum Gasteiger partial charge on any atom is 0.264 e.